The van der Waals surface area contributed by atoms with E-state index in [1.807, 2.05) is 0 Å². The summed E-state index contributed by atoms with van der Waals surface area (Å²) in [7, 11) is 0. The average molecular weight is 162 g/mol. The molecule has 0 fully saturated rings. The van der Waals surface area contributed by atoms with E-state index in [0.717, 1.165) is 0 Å². The molecular formula is C5H7F5. The summed E-state index contributed by atoms with van der Waals surface area (Å²) < 4.78 is 55.7. The molecule has 0 bridgehead atoms. The van der Waals surface area contributed by atoms with Crippen LogP contribution in [0.2, 0.25) is 0 Å². The largest absolute Gasteiger partial charge is 0.417 e. The van der Waals surface area contributed by atoms with Gasteiger partial charge in [-0.3, -0.25) is 0 Å². The van der Waals surface area contributed by atoms with Gasteiger partial charge in [-0.2, -0.15) is 22.0 Å². The van der Waals surface area contributed by atoms with Crippen LogP contribution in [0, 0.1) is 0 Å². The average Bonchev–Trinajstić information content (AvgIpc) is 1.62. The van der Waals surface area contributed by atoms with E-state index < -0.39 is 17.8 Å². The Morgan fingerprint density at radius 3 is 1.40 bits per heavy atom. The monoisotopic (exact) mass is 162 g/mol. The topological polar surface area (TPSA) is 0 Å². The minimum Gasteiger partial charge on any atom is -0.173 e. The summed E-state index contributed by atoms with van der Waals surface area (Å²) >= 11 is 0. The van der Waals surface area contributed by atoms with Gasteiger partial charge in [0, 0.05) is 0 Å². The van der Waals surface area contributed by atoms with Crippen molar-refractivity contribution >= 4 is 0 Å². The predicted molar refractivity (Wildman–Crippen MR) is 27.7 cm³/mol. The van der Waals surface area contributed by atoms with Gasteiger partial charge in [0.15, 0.2) is 0 Å². The molecular weight excluding hydrogens is 155 g/mol. The van der Waals surface area contributed by atoms with E-state index in [1.54, 1.807) is 0 Å². The number of rotatable bonds is 0. The molecule has 0 aliphatic rings. The summed E-state index contributed by atoms with van der Waals surface area (Å²) in [4.78, 5) is 0. The second kappa shape index (κ2) is 3.53. The van der Waals surface area contributed by atoms with Crippen LogP contribution in [0.3, 0.4) is 0 Å². The second-order valence-electron chi connectivity index (χ2n) is 1.38. The lowest BCUT2D eigenvalue weighted by Crippen LogP contribution is -2.09. The molecule has 0 aromatic rings. The first-order chi connectivity index (χ1) is 3.85. The molecule has 0 unspecified atom stereocenters. The summed E-state index contributed by atoms with van der Waals surface area (Å²) in [6.07, 6.45) is -7.57. The van der Waals surface area contributed by atoms with Gasteiger partial charge in [0.1, 0.15) is 0 Å². The van der Waals surface area contributed by atoms with Crippen molar-refractivity contribution in [3.63, 3.8) is 0 Å². The van der Waals surface area contributed by atoms with Crippen molar-refractivity contribution in [2.45, 2.75) is 20.5 Å². The van der Waals surface area contributed by atoms with Crippen LogP contribution < -0.4 is 0 Å². The van der Waals surface area contributed by atoms with Gasteiger partial charge in [-0.25, -0.2) is 0 Å². The number of alkyl halides is 3. The molecule has 0 saturated heterocycles. The number of hydrogen-bond acceptors (Lipinski definition) is 0. The summed E-state index contributed by atoms with van der Waals surface area (Å²) in [6, 6.07) is 0. The highest BCUT2D eigenvalue weighted by atomic mass is 19.4. The molecule has 0 spiro atoms. The van der Waals surface area contributed by atoms with Gasteiger partial charge >= 0.3 is 6.18 Å². The van der Waals surface area contributed by atoms with Crippen LogP contribution in [0.4, 0.5) is 22.0 Å². The van der Waals surface area contributed by atoms with E-state index in [-0.39, 0.29) is 7.43 Å². The first kappa shape index (κ1) is 12.1. The molecule has 10 heavy (non-hydrogen) atoms. The van der Waals surface area contributed by atoms with E-state index in [9.17, 15) is 22.0 Å². The Morgan fingerprint density at radius 2 is 1.40 bits per heavy atom. The van der Waals surface area contributed by atoms with Crippen LogP contribution in [0.1, 0.15) is 14.4 Å². The maximum absolute atomic E-state index is 11.2. The molecule has 0 aromatic carbocycles. The first-order valence-corrected chi connectivity index (χ1v) is 1.94. The minimum absolute atomic E-state index is 0. The quantitative estimate of drug-likeness (QED) is 0.479. The predicted octanol–water partition coefficient (Wildman–Crippen LogP) is 3.36. The van der Waals surface area contributed by atoms with E-state index in [0.29, 0.717) is 6.92 Å². The lowest BCUT2D eigenvalue weighted by molar-refractivity contribution is -0.0947. The molecule has 0 nitrogen and oxygen atoms in total. The fourth-order valence-corrected chi connectivity index (χ4v) is 0.107. The molecule has 0 rings (SSSR count). The molecule has 0 atom stereocenters. The highest BCUT2D eigenvalue weighted by Crippen LogP contribution is 2.28. The van der Waals surface area contributed by atoms with Crippen LogP contribution in [0.5, 0.6) is 0 Å². The zero-order valence-electron chi connectivity index (χ0n) is 4.39. The van der Waals surface area contributed by atoms with Crippen molar-refractivity contribution in [2.75, 3.05) is 0 Å². The number of allylic oxidation sites excluding steroid dienone is 1. The molecule has 5 heteroatoms. The lowest BCUT2D eigenvalue weighted by Gasteiger charge is -2.02. The molecule has 0 heterocycles. The smallest absolute Gasteiger partial charge is 0.173 e. The van der Waals surface area contributed by atoms with Gasteiger partial charge in [0.05, 0.1) is 5.57 Å². The summed E-state index contributed by atoms with van der Waals surface area (Å²) in [5.41, 5.74) is -1.83. The fourth-order valence-electron chi connectivity index (χ4n) is 0.107. The van der Waals surface area contributed by atoms with Gasteiger partial charge in [0.25, 0.3) is 6.08 Å². The molecule has 0 aliphatic carbocycles. The maximum Gasteiger partial charge on any atom is 0.417 e. The van der Waals surface area contributed by atoms with Gasteiger partial charge < -0.3 is 0 Å². The SMILES string of the molecule is C.CC(=C(F)F)C(F)(F)F. The Hall–Kier alpha value is -0.610. The molecule has 0 N–H and O–H groups in total. The summed E-state index contributed by atoms with van der Waals surface area (Å²) in [5.74, 6) is 0. The Kier molecular flexibility index (Phi) is 4.27. The van der Waals surface area contributed by atoms with Gasteiger partial charge in [-0.1, -0.05) is 7.43 Å². The molecule has 0 saturated carbocycles. The summed E-state index contributed by atoms with van der Waals surface area (Å²) in [6.45, 7) is 0.329. The Labute approximate surface area is 55.3 Å². The highest BCUT2D eigenvalue weighted by Gasteiger charge is 2.33. The third kappa shape index (κ3) is 3.42. The van der Waals surface area contributed by atoms with E-state index >= 15 is 0 Å². The zero-order valence-corrected chi connectivity index (χ0v) is 4.39. The first-order valence-electron chi connectivity index (χ1n) is 1.94. The van der Waals surface area contributed by atoms with Crippen LogP contribution in [0.25, 0.3) is 0 Å². The number of halogens is 5. The number of hydrogen-bond donors (Lipinski definition) is 0. The van der Waals surface area contributed by atoms with Crippen LogP contribution >= 0.6 is 0 Å². The fraction of sp³-hybridized carbons (Fsp3) is 0.600. The Balaban J connectivity index is 0. The van der Waals surface area contributed by atoms with E-state index in [1.165, 1.54) is 0 Å². The normalized spacial score (nSPS) is 10.2. The van der Waals surface area contributed by atoms with Crippen molar-refractivity contribution in [1.29, 1.82) is 0 Å². The lowest BCUT2D eigenvalue weighted by atomic mass is 10.3. The van der Waals surface area contributed by atoms with Crippen molar-refractivity contribution in [2.24, 2.45) is 0 Å². The molecule has 0 aromatic heterocycles. The van der Waals surface area contributed by atoms with Crippen molar-refractivity contribution in [3.8, 4) is 0 Å². The van der Waals surface area contributed by atoms with Gasteiger partial charge in [-0.15, -0.1) is 0 Å². The third-order valence-electron chi connectivity index (χ3n) is 0.709. The van der Waals surface area contributed by atoms with Crippen molar-refractivity contribution in [3.05, 3.63) is 11.7 Å². The van der Waals surface area contributed by atoms with E-state index in [2.05, 4.69) is 0 Å². The Bertz CT molecular complexity index is 127. The maximum atomic E-state index is 11.2. The van der Waals surface area contributed by atoms with Crippen LogP contribution in [-0.2, 0) is 0 Å². The molecule has 0 radical (unpaired) electrons. The van der Waals surface area contributed by atoms with Crippen molar-refractivity contribution < 1.29 is 22.0 Å². The Morgan fingerprint density at radius 1 is 1.10 bits per heavy atom. The molecule has 0 aliphatic heterocycles. The van der Waals surface area contributed by atoms with Crippen molar-refractivity contribution in [1.82, 2.24) is 0 Å². The van der Waals surface area contributed by atoms with Gasteiger partial charge in [0.2, 0.25) is 0 Å². The second-order valence-corrected chi connectivity index (χ2v) is 1.38. The van der Waals surface area contributed by atoms with E-state index in [4.69, 9.17) is 0 Å². The summed E-state index contributed by atoms with van der Waals surface area (Å²) in [5, 5.41) is 0. The third-order valence-corrected chi connectivity index (χ3v) is 0.709. The van der Waals surface area contributed by atoms with Crippen LogP contribution in [-0.4, -0.2) is 6.18 Å². The molecule has 62 valence electrons. The van der Waals surface area contributed by atoms with Gasteiger partial charge in [-0.05, 0) is 6.92 Å². The molecule has 0 amide bonds. The van der Waals surface area contributed by atoms with Crippen LogP contribution in [0.15, 0.2) is 11.7 Å². The standard InChI is InChI=1S/C4H3F5.CH4/c1-2(3(5)6)4(7,8)9;/h1H3;1H4. The zero-order chi connectivity index (χ0) is 7.65. The highest BCUT2D eigenvalue weighted by molar-refractivity contribution is 5.05. The minimum atomic E-state index is -4.89.